The number of carboxylic acid groups (broad SMARTS) is 1. The number of carbonyl (C=O) groups is 1. The van der Waals surface area contributed by atoms with Gasteiger partial charge in [0.2, 0.25) is 0 Å². The molecular weight excluding hydrogens is 277 g/mol. The number of hydrogen-bond acceptors (Lipinski definition) is 5. The zero-order valence-electron chi connectivity index (χ0n) is 11.1. The molecule has 0 unspecified atom stereocenters. The summed E-state index contributed by atoms with van der Waals surface area (Å²) in [6, 6.07) is 4.35. The van der Waals surface area contributed by atoms with Gasteiger partial charge in [-0.3, -0.25) is 0 Å². The summed E-state index contributed by atoms with van der Waals surface area (Å²) in [5, 5.41) is 12.7. The fraction of sp³-hybridized carbons (Fsp3) is 0.357. The van der Waals surface area contributed by atoms with Crippen molar-refractivity contribution in [3.8, 4) is 0 Å². The summed E-state index contributed by atoms with van der Waals surface area (Å²) in [7, 11) is 0. The predicted octanol–water partition coefficient (Wildman–Crippen LogP) is 1.87. The summed E-state index contributed by atoms with van der Waals surface area (Å²) in [4.78, 5) is 19.2. The van der Waals surface area contributed by atoms with Crippen molar-refractivity contribution in [2.45, 2.75) is 18.6 Å². The van der Waals surface area contributed by atoms with Crippen molar-refractivity contribution in [3.05, 3.63) is 30.1 Å². The number of aromatic carboxylic acids is 1. The molecule has 110 valence electrons. The Hall–Kier alpha value is -2.28. The molecule has 7 heteroatoms. The molecule has 21 heavy (non-hydrogen) atoms. The van der Waals surface area contributed by atoms with Crippen LogP contribution in [-0.4, -0.2) is 46.5 Å². The minimum Gasteiger partial charge on any atom is -0.477 e. The summed E-state index contributed by atoms with van der Waals surface area (Å²) >= 11 is 0. The second kappa shape index (κ2) is 5.61. The van der Waals surface area contributed by atoms with Crippen molar-refractivity contribution in [3.63, 3.8) is 0 Å². The first kappa shape index (κ1) is 13.7. The Balaban J connectivity index is 1.87. The van der Waals surface area contributed by atoms with Gasteiger partial charge in [0.05, 0.1) is 18.2 Å². The number of fused-ring (bicyclic) bond motifs is 1. The van der Waals surface area contributed by atoms with E-state index in [-0.39, 0.29) is 18.3 Å². The molecule has 6 nitrogen and oxygen atoms in total. The second-order valence-electron chi connectivity index (χ2n) is 4.89. The molecule has 1 aliphatic rings. The van der Waals surface area contributed by atoms with Gasteiger partial charge in [0.15, 0.2) is 0 Å². The molecule has 0 radical (unpaired) electrons. The predicted molar refractivity (Wildman–Crippen MR) is 74.2 cm³/mol. The van der Waals surface area contributed by atoms with E-state index in [2.05, 4.69) is 15.3 Å². The van der Waals surface area contributed by atoms with Crippen LogP contribution in [0, 0.1) is 0 Å². The van der Waals surface area contributed by atoms with Gasteiger partial charge in [-0.2, -0.15) is 0 Å². The molecule has 0 aromatic carbocycles. The van der Waals surface area contributed by atoms with Crippen molar-refractivity contribution in [1.82, 2.24) is 9.97 Å². The molecule has 0 amide bonds. The highest BCUT2D eigenvalue weighted by Gasteiger charge is 2.25. The second-order valence-corrected chi connectivity index (χ2v) is 4.89. The van der Waals surface area contributed by atoms with E-state index >= 15 is 0 Å². The molecule has 2 N–H and O–H groups in total. The van der Waals surface area contributed by atoms with Crippen LogP contribution in [0.4, 0.5) is 10.2 Å². The third kappa shape index (κ3) is 2.92. The fourth-order valence-corrected chi connectivity index (χ4v) is 2.27. The number of rotatable bonds is 3. The van der Waals surface area contributed by atoms with Crippen LogP contribution >= 0.6 is 0 Å². The number of hydrogen-bond donors (Lipinski definition) is 2. The van der Waals surface area contributed by atoms with Crippen LogP contribution < -0.4 is 5.32 Å². The zero-order chi connectivity index (χ0) is 14.8. The summed E-state index contributed by atoms with van der Waals surface area (Å²) in [6.07, 6.45) is 1.06. The van der Waals surface area contributed by atoms with Gasteiger partial charge in [-0.15, -0.1) is 0 Å². The van der Waals surface area contributed by atoms with E-state index in [1.165, 1.54) is 6.07 Å². The lowest BCUT2D eigenvalue weighted by Crippen LogP contribution is -2.39. The normalized spacial score (nSPS) is 22.1. The molecule has 2 aromatic rings. The zero-order valence-corrected chi connectivity index (χ0v) is 11.1. The van der Waals surface area contributed by atoms with E-state index in [4.69, 9.17) is 9.84 Å². The Bertz CT molecular complexity index is 680. The monoisotopic (exact) mass is 291 g/mol. The van der Waals surface area contributed by atoms with Gasteiger partial charge >= 0.3 is 5.97 Å². The van der Waals surface area contributed by atoms with E-state index in [1.54, 1.807) is 18.3 Å². The van der Waals surface area contributed by atoms with Gasteiger partial charge in [0.1, 0.15) is 17.7 Å². The number of nitrogens with one attached hydrogen (secondary N) is 1. The maximum Gasteiger partial charge on any atom is 0.354 e. The summed E-state index contributed by atoms with van der Waals surface area (Å²) < 4.78 is 18.8. The average Bonchev–Trinajstić information content (AvgIpc) is 2.49. The topological polar surface area (TPSA) is 84.3 Å². The van der Waals surface area contributed by atoms with Crippen molar-refractivity contribution in [1.29, 1.82) is 0 Å². The van der Waals surface area contributed by atoms with Crippen LogP contribution in [0.2, 0.25) is 0 Å². The van der Waals surface area contributed by atoms with E-state index < -0.39 is 12.1 Å². The first-order chi connectivity index (χ1) is 10.1. The highest BCUT2D eigenvalue weighted by molar-refractivity contribution is 5.90. The first-order valence-electron chi connectivity index (χ1n) is 6.62. The van der Waals surface area contributed by atoms with Crippen LogP contribution in [0.5, 0.6) is 0 Å². The summed E-state index contributed by atoms with van der Waals surface area (Å²) in [5.41, 5.74) is 0.476. The Kier molecular flexibility index (Phi) is 3.66. The Morgan fingerprint density at radius 2 is 2.33 bits per heavy atom. The number of carboxylic acids is 1. The highest BCUT2D eigenvalue weighted by atomic mass is 19.1. The minimum absolute atomic E-state index is 0.0333. The third-order valence-electron chi connectivity index (χ3n) is 3.41. The van der Waals surface area contributed by atoms with Crippen molar-refractivity contribution >= 4 is 22.7 Å². The molecule has 2 aromatic heterocycles. The van der Waals surface area contributed by atoms with Crippen LogP contribution in [-0.2, 0) is 4.74 Å². The molecule has 1 saturated heterocycles. The van der Waals surface area contributed by atoms with E-state index in [9.17, 15) is 9.18 Å². The molecule has 1 fully saturated rings. The largest absolute Gasteiger partial charge is 0.477 e. The average molecular weight is 291 g/mol. The molecule has 0 aliphatic carbocycles. The number of halogens is 1. The van der Waals surface area contributed by atoms with Crippen LogP contribution in [0.25, 0.3) is 10.9 Å². The Morgan fingerprint density at radius 3 is 3.10 bits per heavy atom. The molecular formula is C14H14FN3O3. The smallest absolute Gasteiger partial charge is 0.354 e. The van der Waals surface area contributed by atoms with Crippen LogP contribution in [0.1, 0.15) is 16.9 Å². The van der Waals surface area contributed by atoms with Gasteiger partial charge in [0.25, 0.3) is 0 Å². The molecule has 0 spiro atoms. The Labute approximate surface area is 120 Å². The van der Waals surface area contributed by atoms with Gasteiger partial charge in [-0.05, 0) is 18.6 Å². The molecule has 3 heterocycles. The maximum atomic E-state index is 13.7. The standard InChI is InChI=1S/C14H14FN3O3/c15-9-7-21-4-3-10(9)18-13-5-12-8(6-16-13)1-2-11(17-12)14(19)20/h1-2,5-6,9-10H,3-4,7H2,(H,16,18)(H,19,20)/t9-,10+/m1/s1. The third-order valence-corrected chi connectivity index (χ3v) is 3.41. The van der Waals surface area contributed by atoms with Crippen molar-refractivity contribution < 1.29 is 19.0 Å². The van der Waals surface area contributed by atoms with Crippen LogP contribution in [0.3, 0.4) is 0 Å². The lowest BCUT2D eigenvalue weighted by atomic mass is 10.1. The van der Waals surface area contributed by atoms with Crippen molar-refractivity contribution in [2.75, 3.05) is 18.5 Å². The summed E-state index contributed by atoms with van der Waals surface area (Å²) in [5.74, 6) is -0.608. The SMILES string of the molecule is O=C(O)c1ccc2cnc(N[C@H]3CCOC[C@H]3F)cc2n1. The van der Waals surface area contributed by atoms with Gasteiger partial charge < -0.3 is 15.2 Å². The fourth-order valence-electron chi connectivity index (χ4n) is 2.27. The number of pyridine rings is 2. The van der Waals surface area contributed by atoms with Crippen LogP contribution in [0.15, 0.2) is 24.4 Å². The lowest BCUT2D eigenvalue weighted by molar-refractivity contribution is 0.0285. The molecule has 2 atom stereocenters. The van der Waals surface area contributed by atoms with Crippen molar-refractivity contribution in [2.24, 2.45) is 0 Å². The summed E-state index contributed by atoms with van der Waals surface area (Å²) in [6.45, 7) is 0.583. The van der Waals surface area contributed by atoms with E-state index in [1.807, 2.05) is 0 Å². The number of alkyl halides is 1. The van der Waals surface area contributed by atoms with Gasteiger partial charge in [-0.1, -0.05) is 0 Å². The minimum atomic E-state index is -1.09. The lowest BCUT2D eigenvalue weighted by Gasteiger charge is -2.27. The van der Waals surface area contributed by atoms with Gasteiger partial charge in [0, 0.05) is 24.3 Å². The number of aromatic nitrogens is 2. The van der Waals surface area contributed by atoms with Gasteiger partial charge in [-0.25, -0.2) is 19.2 Å². The number of anilines is 1. The molecule has 0 saturated carbocycles. The quantitative estimate of drug-likeness (QED) is 0.898. The highest BCUT2D eigenvalue weighted by Crippen LogP contribution is 2.19. The molecule has 1 aliphatic heterocycles. The Morgan fingerprint density at radius 1 is 1.48 bits per heavy atom. The first-order valence-corrected chi connectivity index (χ1v) is 6.62. The molecule has 0 bridgehead atoms. The van der Waals surface area contributed by atoms with E-state index in [0.29, 0.717) is 24.4 Å². The maximum absolute atomic E-state index is 13.7. The van der Waals surface area contributed by atoms with E-state index in [0.717, 1.165) is 5.39 Å². The number of nitrogens with zero attached hydrogens (tertiary/aromatic N) is 2. The molecule has 3 rings (SSSR count). The number of ether oxygens (including phenoxy) is 1.